The van der Waals surface area contributed by atoms with Gasteiger partial charge < -0.3 is 10.3 Å². The summed E-state index contributed by atoms with van der Waals surface area (Å²) in [5.41, 5.74) is 2.83. The van der Waals surface area contributed by atoms with E-state index >= 15 is 0 Å². The Hall–Kier alpha value is -1.52. The first-order valence-corrected chi connectivity index (χ1v) is 7.59. The van der Waals surface area contributed by atoms with E-state index in [9.17, 15) is 4.79 Å². The van der Waals surface area contributed by atoms with Crippen LogP contribution in [0.5, 0.6) is 0 Å². The van der Waals surface area contributed by atoms with Crippen molar-refractivity contribution < 1.29 is 4.79 Å². The summed E-state index contributed by atoms with van der Waals surface area (Å²) in [7, 11) is 0. The zero-order chi connectivity index (χ0) is 15.0. The van der Waals surface area contributed by atoms with E-state index in [0.717, 1.165) is 30.1 Å². The molecule has 1 atom stereocenters. The molecule has 3 rings (SSSR count). The van der Waals surface area contributed by atoms with Gasteiger partial charge in [0.2, 0.25) is 5.91 Å². The van der Waals surface area contributed by atoms with Crippen LogP contribution >= 0.6 is 23.2 Å². The van der Waals surface area contributed by atoms with Gasteiger partial charge in [0.1, 0.15) is 5.82 Å². The lowest BCUT2D eigenvalue weighted by molar-refractivity contribution is -0.120. The average Bonchev–Trinajstić information content (AvgIpc) is 2.82. The molecule has 4 nitrogen and oxygen atoms in total. The zero-order valence-corrected chi connectivity index (χ0v) is 13.1. The van der Waals surface area contributed by atoms with Crippen molar-refractivity contribution in [2.45, 2.75) is 26.2 Å². The molecule has 1 aliphatic rings. The van der Waals surface area contributed by atoms with Gasteiger partial charge in [-0.05, 0) is 38.0 Å². The third-order valence-electron chi connectivity index (χ3n) is 3.72. The molecule has 1 aromatic carbocycles. The summed E-state index contributed by atoms with van der Waals surface area (Å²) in [6, 6.07) is 5.09. The first-order valence-electron chi connectivity index (χ1n) is 6.83. The Labute approximate surface area is 132 Å². The highest BCUT2D eigenvalue weighted by atomic mass is 35.5. The molecule has 0 radical (unpaired) electrons. The molecular weight excluding hydrogens is 309 g/mol. The lowest BCUT2D eigenvalue weighted by Gasteiger charge is -2.20. The van der Waals surface area contributed by atoms with Gasteiger partial charge in [-0.15, -0.1) is 0 Å². The number of H-pyrrole nitrogens is 1. The molecule has 6 heteroatoms. The van der Waals surface area contributed by atoms with Crippen molar-refractivity contribution in [1.82, 2.24) is 9.97 Å². The Morgan fingerprint density at radius 1 is 1.38 bits per heavy atom. The first kappa shape index (κ1) is 14.4. The summed E-state index contributed by atoms with van der Waals surface area (Å²) < 4.78 is 0. The van der Waals surface area contributed by atoms with Crippen molar-refractivity contribution in [1.29, 1.82) is 0 Å². The van der Waals surface area contributed by atoms with Crippen molar-refractivity contribution in [3.8, 4) is 0 Å². The monoisotopic (exact) mass is 323 g/mol. The summed E-state index contributed by atoms with van der Waals surface area (Å²) in [6.45, 7) is 1.93. The van der Waals surface area contributed by atoms with E-state index in [1.807, 2.05) is 6.92 Å². The first-order chi connectivity index (χ1) is 10.0. The SMILES string of the molecule is Cc1nc2c([nH]1)CC(C(=O)Nc1ccc(Cl)c(Cl)c1)CC2. The standard InChI is InChI=1S/C15H15Cl2N3O/c1-8-18-13-5-2-9(6-14(13)19-8)15(21)20-10-3-4-11(16)12(17)7-10/h3-4,7,9H,2,5-6H2,1H3,(H,18,19)(H,20,21). The quantitative estimate of drug-likeness (QED) is 0.883. The number of fused-ring (bicyclic) bond motifs is 1. The number of nitrogens with zero attached hydrogens (tertiary/aromatic N) is 1. The fourth-order valence-corrected chi connectivity index (χ4v) is 2.96. The van der Waals surface area contributed by atoms with Gasteiger partial charge in [-0.1, -0.05) is 23.2 Å². The highest BCUT2D eigenvalue weighted by Gasteiger charge is 2.26. The van der Waals surface area contributed by atoms with Crippen LogP contribution in [0.1, 0.15) is 23.6 Å². The van der Waals surface area contributed by atoms with Crippen molar-refractivity contribution in [2.24, 2.45) is 5.92 Å². The van der Waals surface area contributed by atoms with E-state index in [0.29, 0.717) is 22.2 Å². The maximum absolute atomic E-state index is 12.4. The number of hydrogen-bond acceptors (Lipinski definition) is 2. The van der Waals surface area contributed by atoms with Crippen LogP contribution in [0.2, 0.25) is 10.0 Å². The van der Waals surface area contributed by atoms with E-state index in [-0.39, 0.29) is 11.8 Å². The summed E-state index contributed by atoms with van der Waals surface area (Å²) in [6.07, 6.45) is 2.34. The fourth-order valence-electron chi connectivity index (χ4n) is 2.67. The van der Waals surface area contributed by atoms with Gasteiger partial charge in [0, 0.05) is 23.7 Å². The van der Waals surface area contributed by atoms with Gasteiger partial charge in [0.25, 0.3) is 0 Å². The predicted octanol–water partition coefficient (Wildman–Crippen LogP) is 3.77. The van der Waals surface area contributed by atoms with Gasteiger partial charge in [-0.25, -0.2) is 4.98 Å². The molecule has 21 heavy (non-hydrogen) atoms. The average molecular weight is 324 g/mol. The molecule has 1 amide bonds. The van der Waals surface area contributed by atoms with Gasteiger partial charge in [0.15, 0.2) is 0 Å². The summed E-state index contributed by atoms with van der Waals surface area (Å²) >= 11 is 11.8. The number of aryl methyl sites for hydroxylation is 2. The number of benzene rings is 1. The van der Waals surface area contributed by atoms with E-state index < -0.39 is 0 Å². The third kappa shape index (κ3) is 3.06. The lowest BCUT2D eigenvalue weighted by atomic mass is 9.89. The van der Waals surface area contributed by atoms with Crippen LogP contribution in [-0.2, 0) is 17.6 Å². The normalized spacial score (nSPS) is 17.4. The number of halogens is 2. The van der Waals surface area contributed by atoms with Gasteiger partial charge >= 0.3 is 0 Å². The molecule has 110 valence electrons. The Balaban J connectivity index is 1.70. The number of nitrogens with one attached hydrogen (secondary N) is 2. The number of aromatic nitrogens is 2. The van der Waals surface area contributed by atoms with Crippen LogP contribution in [-0.4, -0.2) is 15.9 Å². The lowest BCUT2D eigenvalue weighted by Crippen LogP contribution is -2.28. The fraction of sp³-hybridized carbons (Fsp3) is 0.333. The topological polar surface area (TPSA) is 57.8 Å². The number of aromatic amines is 1. The molecule has 1 aromatic heterocycles. The second-order valence-corrected chi connectivity index (χ2v) is 6.12. The Morgan fingerprint density at radius 3 is 2.95 bits per heavy atom. The van der Waals surface area contributed by atoms with E-state index in [2.05, 4.69) is 15.3 Å². The number of amides is 1. The summed E-state index contributed by atoms with van der Waals surface area (Å²) in [4.78, 5) is 20.0. The molecule has 0 fully saturated rings. The van der Waals surface area contributed by atoms with Gasteiger partial charge in [0.05, 0.1) is 15.7 Å². The molecule has 1 unspecified atom stereocenters. The Bertz CT molecular complexity index is 696. The molecule has 1 aliphatic carbocycles. The van der Waals surface area contributed by atoms with E-state index in [1.54, 1.807) is 18.2 Å². The van der Waals surface area contributed by atoms with Crippen molar-refractivity contribution in [2.75, 3.05) is 5.32 Å². The van der Waals surface area contributed by atoms with Crippen molar-refractivity contribution >= 4 is 34.8 Å². The number of imidazole rings is 1. The summed E-state index contributed by atoms with van der Waals surface area (Å²) in [5.74, 6) is 0.864. The zero-order valence-electron chi connectivity index (χ0n) is 11.5. The third-order valence-corrected chi connectivity index (χ3v) is 4.46. The molecule has 0 bridgehead atoms. The smallest absolute Gasteiger partial charge is 0.227 e. The van der Waals surface area contributed by atoms with E-state index in [4.69, 9.17) is 23.2 Å². The maximum Gasteiger partial charge on any atom is 0.227 e. The van der Waals surface area contributed by atoms with Crippen LogP contribution in [0.3, 0.4) is 0 Å². The largest absolute Gasteiger partial charge is 0.346 e. The minimum Gasteiger partial charge on any atom is -0.346 e. The molecular formula is C15H15Cl2N3O. The molecule has 0 saturated heterocycles. The molecule has 0 aliphatic heterocycles. The molecule has 2 N–H and O–H groups in total. The molecule has 0 saturated carbocycles. The molecule has 1 heterocycles. The Morgan fingerprint density at radius 2 is 2.19 bits per heavy atom. The van der Waals surface area contributed by atoms with Crippen LogP contribution in [0, 0.1) is 12.8 Å². The number of carbonyl (C=O) groups is 1. The van der Waals surface area contributed by atoms with Gasteiger partial charge in [-0.2, -0.15) is 0 Å². The van der Waals surface area contributed by atoms with Crippen LogP contribution in [0.15, 0.2) is 18.2 Å². The highest BCUT2D eigenvalue weighted by molar-refractivity contribution is 6.42. The van der Waals surface area contributed by atoms with E-state index in [1.165, 1.54) is 0 Å². The van der Waals surface area contributed by atoms with Crippen LogP contribution in [0.4, 0.5) is 5.69 Å². The summed E-state index contributed by atoms with van der Waals surface area (Å²) in [5, 5.41) is 3.81. The van der Waals surface area contributed by atoms with Crippen LogP contribution in [0.25, 0.3) is 0 Å². The Kier molecular flexibility index (Phi) is 3.91. The maximum atomic E-state index is 12.4. The molecule has 0 spiro atoms. The minimum atomic E-state index is -0.0493. The minimum absolute atomic E-state index is 0.00583. The number of rotatable bonds is 2. The number of anilines is 1. The predicted molar refractivity (Wildman–Crippen MR) is 83.9 cm³/mol. The van der Waals surface area contributed by atoms with Gasteiger partial charge in [-0.3, -0.25) is 4.79 Å². The van der Waals surface area contributed by atoms with Crippen molar-refractivity contribution in [3.63, 3.8) is 0 Å². The number of hydrogen-bond donors (Lipinski definition) is 2. The number of carbonyl (C=O) groups excluding carboxylic acids is 1. The highest BCUT2D eigenvalue weighted by Crippen LogP contribution is 2.27. The van der Waals surface area contributed by atoms with Crippen molar-refractivity contribution in [3.05, 3.63) is 45.5 Å². The molecule has 2 aromatic rings. The second-order valence-electron chi connectivity index (χ2n) is 5.31. The second kappa shape index (κ2) is 5.70. The van der Waals surface area contributed by atoms with Crippen LogP contribution < -0.4 is 5.32 Å².